The van der Waals surface area contributed by atoms with Crippen molar-refractivity contribution in [3.05, 3.63) is 95.0 Å². The first-order valence-electron chi connectivity index (χ1n) is 9.58. The maximum Gasteiger partial charge on any atom is 0.243 e. The fraction of sp³-hybridized carbons (Fsp3) is 0.174. The molecule has 162 valence electrons. The molecule has 0 heterocycles. The molecule has 31 heavy (non-hydrogen) atoms. The van der Waals surface area contributed by atoms with Crippen LogP contribution in [-0.4, -0.2) is 32.3 Å². The third-order valence-corrected chi connectivity index (χ3v) is 6.64. The van der Waals surface area contributed by atoms with Gasteiger partial charge in [-0.3, -0.25) is 4.79 Å². The second-order valence-electron chi connectivity index (χ2n) is 6.84. The summed E-state index contributed by atoms with van der Waals surface area (Å²) in [4.78, 5) is 12.7. The van der Waals surface area contributed by atoms with E-state index in [1.165, 1.54) is 12.1 Å². The normalized spacial score (nSPS) is 11.3. The molecule has 0 aliphatic heterocycles. The number of halogens is 1. The van der Waals surface area contributed by atoms with Crippen LogP contribution in [0.2, 0.25) is 5.02 Å². The average molecular weight is 459 g/mol. The topological polar surface area (TPSA) is 75.7 Å². The highest BCUT2D eigenvalue weighted by molar-refractivity contribution is 7.89. The van der Waals surface area contributed by atoms with Crippen LogP contribution < -0.4 is 10.1 Å². The predicted molar refractivity (Wildman–Crippen MR) is 120 cm³/mol. The molecule has 3 rings (SSSR count). The van der Waals surface area contributed by atoms with Gasteiger partial charge in [0.15, 0.2) is 0 Å². The second kappa shape index (κ2) is 10.4. The molecule has 0 aliphatic carbocycles. The van der Waals surface area contributed by atoms with Crippen LogP contribution in [0.3, 0.4) is 0 Å². The summed E-state index contributed by atoms with van der Waals surface area (Å²) in [5.41, 5.74) is 1.57. The number of sulfonamides is 1. The minimum absolute atomic E-state index is 0.0474. The Bertz CT molecular complexity index is 1120. The van der Waals surface area contributed by atoms with Crippen LogP contribution in [0.4, 0.5) is 0 Å². The largest absolute Gasteiger partial charge is 0.497 e. The van der Waals surface area contributed by atoms with Crippen molar-refractivity contribution < 1.29 is 17.9 Å². The number of amides is 1. The SMILES string of the molecule is COc1ccc(CN(CC(=O)NCc2cccc(Cl)c2)S(=O)(=O)c2ccccc2)cc1. The van der Waals surface area contributed by atoms with Crippen molar-refractivity contribution in [3.8, 4) is 5.75 Å². The molecule has 0 aliphatic rings. The van der Waals surface area contributed by atoms with Crippen LogP contribution in [0.1, 0.15) is 11.1 Å². The Balaban J connectivity index is 1.78. The van der Waals surface area contributed by atoms with E-state index in [2.05, 4.69) is 5.32 Å². The van der Waals surface area contributed by atoms with Gasteiger partial charge in [-0.1, -0.05) is 54.1 Å². The van der Waals surface area contributed by atoms with Gasteiger partial charge in [-0.15, -0.1) is 0 Å². The van der Waals surface area contributed by atoms with Gasteiger partial charge in [-0.2, -0.15) is 4.31 Å². The lowest BCUT2D eigenvalue weighted by Gasteiger charge is -2.22. The molecular weight excluding hydrogens is 436 g/mol. The van der Waals surface area contributed by atoms with Gasteiger partial charge in [0.1, 0.15) is 5.75 Å². The number of benzene rings is 3. The van der Waals surface area contributed by atoms with Crippen molar-refractivity contribution in [2.45, 2.75) is 18.0 Å². The average Bonchev–Trinajstić information content (AvgIpc) is 2.78. The standard InChI is InChI=1S/C23H23ClN2O4S/c1-30-21-12-10-18(11-13-21)16-26(31(28,29)22-8-3-2-4-9-22)17-23(27)25-15-19-6-5-7-20(24)14-19/h2-14H,15-17H2,1H3,(H,25,27). The van der Waals surface area contributed by atoms with Gasteiger partial charge in [0, 0.05) is 18.1 Å². The van der Waals surface area contributed by atoms with Crippen molar-refractivity contribution in [3.63, 3.8) is 0 Å². The van der Waals surface area contributed by atoms with Crippen LogP contribution in [-0.2, 0) is 27.9 Å². The highest BCUT2D eigenvalue weighted by Gasteiger charge is 2.26. The molecule has 6 nitrogen and oxygen atoms in total. The third kappa shape index (κ3) is 6.30. The van der Waals surface area contributed by atoms with E-state index in [-0.39, 0.29) is 24.5 Å². The Kier molecular flexibility index (Phi) is 7.68. The Labute approximate surface area is 187 Å². The Hall–Kier alpha value is -2.87. The van der Waals surface area contributed by atoms with Crippen LogP contribution in [0, 0.1) is 0 Å². The molecule has 8 heteroatoms. The molecule has 0 atom stereocenters. The minimum Gasteiger partial charge on any atom is -0.497 e. The van der Waals surface area contributed by atoms with E-state index in [1.807, 2.05) is 6.07 Å². The first-order chi connectivity index (χ1) is 14.9. The lowest BCUT2D eigenvalue weighted by atomic mass is 10.2. The summed E-state index contributed by atoms with van der Waals surface area (Å²) in [5, 5.41) is 3.33. The molecule has 0 spiro atoms. The minimum atomic E-state index is -3.88. The molecule has 0 saturated carbocycles. The van der Waals surface area contributed by atoms with Gasteiger partial charge in [0.2, 0.25) is 15.9 Å². The van der Waals surface area contributed by atoms with E-state index in [0.717, 1.165) is 15.4 Å². The van der Waals surface area contributed by atoms with Crippen molar-refractivity contribution in [1.82, 2.24) is 9.62 Å². The van der Waals surface area contributed by atoms with Crippen molar-refractivity contribution in [2.24, 2.45) is 0 Å². The number of hydrogen-bond acceptors (Lipinski definition) is 4. The lowest BCUT2D eigenvalue weighted by molar-refractivity contribution is -0.121. The predicted octanol–water partition coefficient (Wildman–Crippen LogP) is 3.86. The zero-order chi connectivity index (χ0) is 22.3. The molecule has 0 aromatic heterocycles. The quantitative estimate of drug-likeness (QED) is 0.528. The Morgan fingerprint density at radius 2 is 1.68 bits per heavy atom. The van der Waals surface area contributed by atoms with Crippen LogP contribution >= 0.6 is 11.6 Å². The van der Waals surface area contributed by atoms with E-state index in [4.69, 9.17) is 16.3 Å². The van der Waals surface area contributed by atoms with E-state index in [1.54, 1.807) is 67.8 Å². The van der Waals surface area contributed by atoms with Gasteiger partial charge in [-0.05, 0) is 47.5 Å². The Morgan fingerprint density at radius 1 is 0.968 bits per heavy atom. The number of rotatable bonds is 9. The third-order valence-electron chi connectivity index (χ3n) is 4.60. The smallest absolute Gasteiger partial charge is 0.243 e. The van der Waals surface area contributed by atoms with Gasteiger partial charge in [-0.25, -0.2) is 8.42 Å². The molecule has 1 amide bonds. The van der Waals surface area contributed by atoms with E-state index < -0.39 is 15.9 Å². The molecule has 0 fully saturated rings. The molecule has 3 aromatic carbocycles. The monoisotopic (exact) mass is 458 g/mol. The molecule has 1 N–H and O–H groups in total. The zero-order valence-corrected chi connectivity index (χ0v) is 18.6. The summed E-state index contributed by atoms with van der Waals surface area (Å²) in [6.07, 6.45) is 0. The number of methoxy groups -OCH3 is 1. The highest BCUT2D eigenvalue weighted by atomic mass is 35.5. The van der Waals surface area contributed by atoms with E-state index in [0.29, 0.717) is 10.8 Å². The first kappa shape index (κ1) is 22.8. The van der Waals surface area contributed by atoms with Crippen LogP contribution in [0.25, 0.3) is 0 Å². The van der Waals surface area contributed by atoms with Gasteiger partial charge in [0.05, 0.1) is 18.6 Å². The maximum absolute atomic E-state index is 13.2. The number of nitrogens with one attached hydrogen (secondary N) is 1. The summed E-state index contributed by atoms with van der Waals surface area (Å²) < 4.78 is 32.8. The summed E-state index contributed by atoms with van der Waals surface area (Å²) in [7, 11) is -2.32. The van der Waals surface area contributed by atoms with Crippen molar-refractivity contribution in [1.29, 1.82) is 0 Å². The molecule has 0 unspecified atom stereocenters. The molecule has 0 radical (unpaired) electrons. The van der Waals surface area contributed by atoms with Crippen LogP contribution in [0.15, 0.2) is 83.8 Å². The van der Waals surface area contributed by atoms with E-state index >= 15 is 0 Å². The molecule has 3 aromatic rings. The maximum atomic E-state index is 13.2. The second-order valence-corrected chi connectivity index (χ2v) is 9.22. The number of nitrogens with zero attached hydrogens (tertiary/aromatic N) is 1. The van der Waals surface area contributed by atoms with Gasteiger partial charge < -0.3 is 10.1 Å². The number of ether oxygens (including phenoxy) is 1. The molecule has 0 saturated heterocycles. The summed E-state index contributed by atoms with van der Waals surface area (Å²) in [6.45, 7) is -0.0171. The fourth-order valence-electron chi connectivity index (χ4n) is 2.97. The lowest BCUT2D eigenvalue weighted by Crippen LogP contribution is -2.40. The van der Waals surface area contributed by atoms with Crippen LogP contribution in [0.5, 0.6) is 5.75 Å². The number of carbonyl (C=O) groups excluding carboxylic acids is 1. The molecule has 0 bridgehead atoms. The highest BCUT2D eigenvalue weighted by Crippen LogP contribution is 2.20. The van der Waals surface area contributed by atoms with Crippen molar-refractivity contribution >= 4 is 27.5 Å². The number of hydrogen-bond donors (Lipinski definition) is 1. The summed E-state index contributed by atoms with van der Waals surface area (Å²) in [6, 6.07) is 22.2. The fourth-order valence-corrected chi connectivity index (χ4v) is 4.58. The van der Waals surface area contributed by atoms with Crippen molar-refractivity contribution in [2.75, 3.05) is 13.7 Å². The summed E-state index contributed by atoms with van der Waals surface area (Å²) in [5.74, 6) is 0.258. The first-order valence-corrected chi connectivity index (χ1v) is 11.4. The number of carbonyl (C=O) groups is 1. The zero-order valence-electron chi connectivity index (χ0n) is 17.0. The van der Waals surface area contributed by atoms with E-state index in [9.17, 15) is 13.2 Å². The van der Waals surface area contributed by atoms with Gasteiger partial charge >= 0.3 is 0 Å². The summed E-state index contributed by atoms with van der Waals surface area (Å²) >= 11 is 5.97. The Morgan fingerprint density at radius 3 is 2.32 bits per heavy atom. The molecular formula is C23H23ClN2O4S. The van der Waals surface area contributed by atoms with Gasteiger partial charge in [0.25, 0.3) is 0 Å².